The van der Waals surface area contributed by atoms with Gasteiger partial charge in [0.2, 0.25) is 0 Å². The van der Waals surface area contributed by atoms with Crippen LogP contribution in [-0.2, 0) is 15.5 Å². The van der Waals surface area contributed by atoms with Crippen LogP contribution < -0.4 is 9.47 Å². The number of rotatable bonds is 8. The number of aryl methyl sites for hydroxylation is 1. The molecule has 7 heteroatoms. The second kappa shape index (κ2) is 8.89. The predicted octanol–water partition coefficient (Wildman–Crippen LogP) is 4.58. The number of hydrogen-bond donors (Lipinski definition) is 2. The zero-order valence-electron chi connectivity index (χ0n) is 16.1. The summed E-state index contributed by atoms with van der Waals surface area (Å²) >= 11 is 0. The standard InChI is InChI=1S/C20H27O6P/c1-20(2,3)26-18-10-7-15(8-11-18)16-9-12-19(24-4)17(14-16)6-5-13-25-27(21,22)23/h7-12,14H,5-6,13H2,1-4H3,(H2,21,22,23). The van der Waals surface area contributed by atoms with Gasteiger partial charge in [0.25, 0.3) is 0 Å². The zero-order chi connectivity index (χ0) is 20.1. The van der Waals surface area contributed by atoms with Crippen molar-refractivity contribution in [2.75, 3.05) is 13.7 Å². The van der Waals surface area contributed by atoms with E-state index >= 15 is 0 Å². The number of phosphoric ester groups is 1. The molecule has 0 aliphatic carbocycles. The highest BCUT2D eigenvalue weighted by Gasteiger charge is 2.14. The highest BCUT2D eigenvalue weighted by molar-refractivity contribution is 7.46. The summed E-state index contributed by atoms with van der Waals surface area (Å²) in [5, 5.41) is 0. The first-order valence-corrected chi connectivity index (χ1v) is 10.3. The van der Waals surface area contributed by atoms with Crippen molar-refractivity contribution in [1.29, 1.82) is 0 Å². The fourth-order valence-corrected chi connectivity index (χ4v) is 3.04. The Labute approximate surface area is 160 Å². The summed E-state index contributed by atoms with van der Waals surface area (Å²) in [5.41, 5.74) is 2.79. The Balaban J connectivity index is 2.12. The maximum atomic E-state index is 10.8. The number of benzene rings is 2. The average Bonchev–Trinajstić information content (AvgIpc) is 2.57. The minimum absolute atomic E-state index is 0.0174. The Hall–Kier alpha value is -1.85. The van der Waals surface area contributed by atoms with E-state index in [9.17, 15) is 4.57 Å². The van der Waals surface area contributed by atoms with Gasteiger partial charge in [-0.2, -0.15) is 0 Å². The fraction of sp³-hybridized carbons (Fsp3) is 0.400. The van der Waals surface area contributed by atoms with Crippen molar-refractivity contribution >= 4 is 7.82 Å². The molecule has 0 spiro atoms. The van der Waals surface area contributed by atoms with Crippen LogP contribution in [0.3, 0.4) is 0 Å². The van der Waals surface area contributed by atoms with E-state index in [1.807, 2.05) is 63.2 Å². The van der Waals surface area contributed by atoms with Crippen LogP contribution in [-0.4, -0.2) is 29.1 Å². The lowest BCUT2D eigenvalue weighted by Gasteiger charge is -2.21. The summed E-state index contributed by atoms with van der Waals surface area (Å²) in [5.74, 6) is 1.55. The van der Waals surface area contributed by atoms with Crippen LogP contribution in [0.5, 0.6) is 11.5 Å². The van der Waals surface area contributed by atoms with E-state index in [0.717, 1.165) is 28.2 Å². The molecule has 148 valence electrons. The van der Waals surface area contributed by atoms with Gasteiger partial charge in [-0.15, -0.1) is 0 Å². The lowest BCUT2D eigenvalue weighted by Crippen LogP contribution is -2.22. The van der Waals surface area contributed by atoms with Gasteiger partial charge < -0.3 is 19.3 Å². The highest BCUT2D eigenvalue weighted by Crippen LogP contribution is 2.36. The summed E-state index contributed by atoms with van der Waals surface area (Å²) in [6.45, 7) is 6.00. The number of ether oxygens (including phenoxy) is 2. The fourth-order valence-electron chi connectivity index (χ4n) is 2.67. The van der Waals surface area contributed by atoms with E-state index in [1.54, 1.807) is 7.11 Å². The van der Waals surface area contributed by atoms with E-state index < -0.39 is 7.82 Å². The molecule has 0 atom stereocenters. The minimum Gasteiger partial charge on any atom is -0.496 e. The SMILES string of the molecule is COc1ccc(-c2ccc(OC(C)(C)C)cc2)cc1CCCOP(=O)(O)O. The van der Waals surface area contributed by atoms with Crippen LogP contribution in [0.1, 0.15) is 32.8 Å². The molecule has 0 unspecified atom stereocenters. The van der Waals surface area contributed by atoms with Gasteiger partial charge in [0.15, 0.2) is 0 Å². The van der Waals surface area contributed by atoms with Gasteiger partial charge in [-0.3, -0.25) is 4.52 Å². The normalized spacial score (nSPS) is 12.1. The van der Waals surface area contributed by atoms with Crippen molar-refractivity contribution in [3.8, 4) is 22.6 Å². The van der Waals surface area contributed by atoms with Crippen molar-refractivity contribution in [3.05, 3.63) is 48.0 Å². The number of phosphoric acid groups is 1. The highest BCUT2D eigenvalue weighted by atomic mass is 31.2. The monoisotopic (exact) mass is 394 g/mol. The number of methoxy groups -OCH3 is 1. The molecule has 2 N–H and O–H groups in total. The first-order chi connectivity index (χ1) is 12.6. The molecule has 0 aromatic heterocycles. The summed E-state index contributed by atoms with van der Waals surface area (Å²) in [6.07, 6.45) is 1.06. The van der Waals surface area contributed by atoms with Crippen molar-refractivity contribution in [2.24, 2.45) is 0 Å². The topological polar surface area (TPSA) is 85.2 Å². The van der Waals surface area contributed by atoms with Crippen LogP contribution in [0.4, 0.5) is 0 Å². The van der Waals surface area contributed by atoms with Crippen molar-refractivity contribution in [2.45, 2.75) is 39.2 Å². The second-order valence-corrected chi connectivity index (χ2v) is 8.43. The predicted molar refractivity (Wildman–Crippen MR) is 105 cm³/mol. The Morgan fingerprint density at radius 2 is 1.63 bits per heavy atom. The van der Waals surface area contributed by atoms with Gasteiger partial charge in [-0.25, -0.2) is 4.57 Å². The van der Waals surface area contributed by atoms with E-state index in [2.05, 4.69) is 4.52 Å². The first kappa shape index (κ1) is 21.5. The van der Waals surface area contributed by atoms with E-state index in [-0.39, 0.29) is 12.2 Å². The molecule has 0 heterocycles. The van der Waals surface area contributed by atoms with Crippen LogP contribution >= 0.6 is 7.82 Å². The van der Waals surface area contributed by atoms with Gasteiger partial charge in [0.05, 0.1) is 13.7 Å². The molecule has 0 fully saturated rings. The van der Waals surface area contributed by atoms with Gasteiger partial charge in [0.1, 0.15) is 17.1 Å². The van der Waals surface area contributed by atoms with E-state index in [4.69, 9.17) is 19.3 Å². The lowest BCUT2D eigenvalue weighted by atomic mass is 10.00. The van der Waals surface area contributed by atoms with Crippen molar-refractivity contribution < 1.29 is 28.3 Å². The van der Waals surface area contributed by atoms with E-state index in [1.165, 1.54) is 0 Å². The molecule has 0 radical (unpaired) electrons. The average molecular weight is 394 g/mol. The summed E-state index contributed by atoms with van der Waals surface area (Å²) in [4.78, 5) is 17.5. The maximum absolute atomic E-state index is 10.8. The molecule has 0 aliphatic heterocycles. The van der Waals surface area contributed by atoms with Gasteiger partial charge in [-0.05, 0) is 74.6 Å². The molecule has 0 amide bonds. The van der Waals surface area contributed by atoms with E-state index in [0.29, 0.717) is 12.8 Å². The summed E-state index contributed by atoms with van der Waals surface area (Å²) in [7, 11) is -2.83. The molecule has 0 saturated carbocycles. The molecule has 0 saturated heterocycles. The van der Waals surface area contributed by atoms with Crippen LogP contribution in [0, 0.1) is 0 Å². The zero-order valence-corrected chi connectivity index (χ0v) is 17.0. The molecule has 2 aromatic carbocycles. The molecular formula is C20H27O6P. The van der Waals surface area contributed by atoms with Crippen molar-refractivity contribution in [1.82, 2.24) is 0 Å². The smallest absolute Gasteiger partial charge is 0.469 e. The largest absolute Gasteiger partial charge is 0.496 e. The first-order valence-electron chi connectivity index (χ1n) is 8.74. The third-order valence-corrected chi connectivity index (χ3v) is 4.26. The summed E-state index contributed by atoms with van der Waals surface area (Å²) in [6, 6.07) is 13.8. The molecular weight excluding hydrogens is 367 g/mol. The van der Waals surface area contributed by atoms with Crippen LogP contribution in [0.15, 0.2) is 42.5 Å². The quantitative estimate of drug-likeness (QED) is 0.504. The molecule has 0 bridgehead atoms. The molecule has 6 nitrogen and oxygen atoms in total. The Morgan fingerprint density at radius 1 is 1.00 bits per heavy atom. The lowest BCUT2D eigenvalue weighted by molar-refractivity contribution is 0.131. The summed E-state index contributed by atoms with van der Waals surface area (Å²) < 4.78 is 26.5. The maximum Gasteiger partial charge on any atom is 0.469 e. The number of hydrogen-bond acceptors (Lipinski definition) is 4. The molecule has 2 aromatic rings. The Morgan fingerprint density at radius 3 is 2.19 bits per heavy atom. The third-order valence-electron chi connectivity index (χ3n) is 3.74. The van der Waals surface area contributed by atoms with Crippen molar-refractivity contribution in [3.63, 3.8) is 0 Å². The molecule has 27 heavy (non-hydrogen) atoms. The Kier molecular flexibility index (Phi) is 7.06. The van der Waals surface area contributed by atoms with Crippen LogP contribution in [0.25, 0.3) is 11.1 Å². The van der Waals surface area contributed by atoms with Crippen LogP contribution in [0.2, 0.25) is 0 Å². The molecule has 0 aliphatic rings. The molecule has 2 rings (SSSR count). The van der Waals surface area contributed by atoms with Gasteiger partial charge in [-0.1, -0.05) is 18.2 Å². The van der Waals surface area contributed by atoms with Gasteiger partial charge >= 0.3 is 7.82 Å². The Bertz CT molecular complexity index is 789. The van der Waals surface area contributed by atoms with Gasteiger partial charge in [0, 0.05) is 0 Å². The third kappa shape index (κ3) is 7.35. The minimum atomic E-state index is -4.43. The second-order valence-electron chi connectivity index (χ2n) is 7.19.